The summed E-state index contributed by atoms with van der Waals surface area (Å²) in [4.78, 5) is 0. The van der Waals surface area contributed by atoms with Crippen molar-refractivity contribution in [1.29, 1.82) is 0 Å². The maximum Gasteiger partial charge on any atom is 0.251 e. The lowest BCUT2D eigenvalue weighted by molar-refractivity contribution is 0.235. The van der Waals surface area contributed by atoms with E-state index < -0.39 is 0 Å². The summed E-state index contributed by atoms with van der Waals surface area (Å²) in [5.74, 6) is 12.4. The molecule has 0 radical (unpaired) electrons. The molecule has 2 nitrogen and oxygen atoms in total. The predicted molar refractivity (Wildman–Crippen MR) is 53.0 cm³/mol. The summed E-state index contributed by atoms with van der Waals surface area (Å²) in [6, 6.07) is 0. The van der Waals surface area contributed by atoms with Crippen molar-refractivity contribution in [2.24, 2.45) is 5.84 Å². The molecule has 0 aromatic rings. The van der Waals surface area contributed by atoms with Gasteiger partial charge in [-0.3, -0.25) is 5.84 Å². The molecule has 1 aliphatic rings. The summed E-state index contributed by atoms with van der Waals surface area (Å²) >= 11 is -0.139. The second kappa shape index (κ2) is 7.12. The molecular formula is C8H21AlN2. The zero-order chi connectivity index (χ0) is 8.69. The Labute approximate surface area is 75.1 Å². The molecule has 0 unspecified atom stereocenters. The lowest BCUT2D eigenvalue weighted by Crippen LogP contribution is -2.35. The molecule has 0 aliphatic carbocycles. The largest absolute Gasteiger partial charge is 0.269 e. The Morgan fingerprint density at radius 2 is 1.36 bits per heavy atom. The van der Waals surface area contributed by atoms with Gasteiger partial charge in [-0.25, -0.2) is 5.01 Å². The molecule has 2 N–H and O–H groups in total. The average molecular weight is 172 g/mol. The van der Waals surface area contributed by atoms with Crippen LogP contribution < -0.4 is 5.84 Å². The molecular weight excluding hydrogens is 151 g/mol. The third kappa shape index (κ3) is 10.5. The van der Waals surface area contributed by atoms with Crippen molar-refractivity contribution in [1.82, 2.24) is 5.01 Å². The summed E-state index contributed by atoms with van der Waals surface area (Å²) in [6.45, 7) is 2.19. The summed E-state index contributed by atoms with van der Waals surface area (Å²) < 4.78 is 0. The SMILES string of the molecule is NN1CCCCC1.[CH3][Al]([CH3])[CH3]. The van der Waals surface area contributed by atoms with Gasteiger partial charge in [0, 0.05) is 13.1 Å². The van der Waals surface area contributed by atoms with E-state index in [0.29, 0.717) is 0 Å². The number of rotatable bonds is 0. The Hall–Kier alpha value is 0.452. The van der Waals surface area contributed by atoms with E-state index in [-0.39, 0.29) is 14.1 Å². The molecule has 0 spiro atoms. The molecule has 0 saturated carbocycles. The minimum absolute atomic E-state index is 0.139. The van der Waals surface area contributed by atoms with E-state index in [1.807, 2.05) is 5.01 Å². The molecule has 3 heteroatoms. The van der Waals surface area contributed by atoms with Crippen LogP contribution in [0.25, 0.3) is 0 Å². The fourth-order valence-corrected chi connectivity index (χ4v) is 0.918. The van der Waals surface area contributed by atoms with Crippen molar-refractivity contribution in [2.45, 2.75) is 36.6 Å². The number of piperidine rings is 1. The number of hydrogen-bond donors (Lipinski definition) is 1. The Morgan fingerprint density at radius 1 is 1.00 bits per heavy atom. The van der Waals surface area contributed by atoms with Crippen LogP contribution in [0.5, 0.6) is 0 Å². The first-order valence-corrected chi connectivity index (χ1v) is 8.09. The van der Waals surface area contributed by atoms with Gasteiger partial charge in [0.2, 0.25) is 0 Å². The monoisotopic (exact) mass is 172 g/mol. The molecule has 1 saturated heterocycles. The molecule has 0 amide bonds. The molecule has 0 aromatic carbocycles. The highest BCUT2D eigenvalue weighted by atomic mass is 27.2. The third-order valence-corrected chi connectivity index (χ3v) is 1.39. The van der Waals surface area contributed by atoms with Gasteiger partial charge in [-0.15, -0.1) is 17.4 Å². The fourth-order valence-electron chi connectivity index (χ4n) is 0.918. The van der Waals surface area contributed by atoms with Crippen molar-refractivity contribution < 1.29 is 0 Å². The molecule has 1 heterocycles. The Bertz CT molecular complexity index is 77.4. The standard InChI is InChI=1S/C5H12N2.3CH3.Al/c6-7-4-2-1-3-5-7;;;;/h1-6H2;3*1H3;. The lowest BCUT2D eigenvalue weighted by atomic mass is 10.2. The van der Waals surface area contributed by atoms with Crippen LogP contribution in [0.2, 0.25) is 17.4 Å². The quantitative estimate of drug-likeness (QED) is 0.445. The van der Waals surface area contributed by atoms with E-state index in [1.54, 1.807) is 0 Å². The highest BCUT2D eigenvalue weighted by Crippen LogP contribution is 2.03. The van der Waals surface area contributed by atoms with Crippen LogP contribution in [-0.2, 0) is 0 Å². The molecule has 1 fully saturated rings. The Balaban J connectivity index is 0.000000218. The van der Waals surface area contributed by atoms with Crippen LogP contribution in [0.15, 0.2) is 0 Å². The normalized spacial score (nSPS) is 18.5. The Kier molecular flexibility index (Phi) is 7.41. The number of nitrogens with two attached hydrogens (primary N) is 1. The van der Waals surface area contributed by atoms with E-state index in [9.17, 15) is 0 Å². The van der Waals surface area contributed by atoms with Crippen LogP contribution in [-0.4, -0.2) is 32.2 Å². The van der Waals surface area contributed by atoms with Gasteiger partial charge in [0.05, 0.1) is 0 Å². The van der Waals surface area contributed by atoms with Gasteiger partial charge in [0.1, 0.15) is 0 Å². The van der Waals surface area contributed by atoms with Crippen molar-refractivity contribution >= 4 is 14.1 Å². The van der Waals surface area contributed by atoms with Gasteiger partial charge in [0.25, 0.3) is 14.1 Å². The number of hydrazine groups is 1. The van der Waals surface area contributed by atoms with Crippen LogP contribution >= 0.6 is 0 Å². The lowest BCUT2D eigenvalue weighted by Gasteiger charge is -2.20. The van der Waals surface area contributed by atoms with E-state index >= 15 is 0 Å². The summed E-state index contributed by atoms with van der Waals surface area (Å²) in [5.41, 5.74) is 0. The molecule has 1 aliphatic heterocycles. The van der Waals surface area contributed by atoms with Gasteiger partial charge in [-0.05, 0) is 12.8 Å². The number of hydrogen-bond acceptors (Lipinski definition) is 2. The van der Waals surface area contributed by atoms with Gasteiger partial charge >= 0.3 is 0 Å². The summed E-state index contributed by atoms with van der Waals surface area (Å²) in [5, 5.41) is 1.89. The van der Waals surface area contributed by atoms with Gasteiger partial charge in [0.15, 0.2) is 0 Å². The summed E-state index contributed by atoms with van der Waals surface area (Å²) in [6.07, 6.45) is 3.95. The number of nitrogens with zero attached hydrogens (tertiary/aromatic N) is 1. The molecule has 0 bridgehead atoms. The third-order valence-electron chi connectivity index (χ3n) is 1.39. The smallest absolute Gasteiger partial charge is 0.251 e. The average Bonchev–Trinajstić information content (AvgIpc) is 1.87. The Morgan fingerprint density at radius 3 is 1.55 bits per heavy atom. The van der Waals surface area contributed by atoms with Gasteiger partial charge < -0.3 is 0 Å². The van der Waals surface area contributed by atoms with Gasteiger partial charge in [-0.2, -0.15) is 0 Å². The molecule has 0 atom stereocenters. The van der Waals surface area contributed by atoms with Gasteiger partial charge in [-0.1, -0.05) is 6.42 Å². The fraction of sp³-hybridized carbons (Fsp3) is 1.00. The van der Waals surface area contributed by atoms with Crippen molar-refractivity contribution in [3.8, 4) is 0 Å². The van der Waals surface area contributed by atoms with Crippen molar-refractivity contribution in [3.05, 3.63) is 0 Å². The van der Waals surface area contributed by atoms with E-state index in [4.69, 9.17) is 5.84 Å². The van der Waals surface area contributed by atoms with Crippen LogP contribution in [0.1, 0.15) is 19.3 Å². The predicted octanol–water partition coefficient (Wildman–Crippen LogP) is 1.72. The summed E-state index contributed by atoms with van der Waals surface area (Å²) in [7, 11) is 0. The van der Waals surface area contributed by atoms with Crippen molar-refractivity contribution in [3.63, 3.8) is 0 Å². The van der Waals surface area contributed by atoms with Crippen molar-refractivity contribution in [2.75, 3.05) is 13.1 Å². The van der Waals surface area contributed by atoms with E-state index in [1.165, 1.54) is 19.3 Å². The van der Waals surface area contributed by atoms with Crippen LogP contribution in [0, 0.1) is 0 Å². The maximum atomic E-state index is 5.47. The zero-order valence-electron chi connectivity index (χ0n) is 8.14. The molecule has 11 heavy (non-hydrogen) atoms. The molecule has 1 rings (SSSR count). The second-order valence-electron chi connectivity index (χ2n) is 3.83. The van der Waals surface area contributed by atoms with Crippen LogP contribution in [0.3, 0.4) is 0 Å². The maximum absolute atomic E-state index is 5.47. The van der Waals surface area contributed by atoms with E-state index in [0.717, 1.165) is 13.1 Å². The topological polar surface area (TPSA) is 29.3 Å². The van der Waals surface area contributed by atoms with Crippen LogP contribution in [0.4, 0.5) is 0 Å². The highest BCUT2D eigenvalue weighted by molar-refractivity contribution is 6.54. The van der Waals surface area contributed by atoms with E-state index in [2.05, 4.69) is 17.4 Å². The molecule has 0 aromatic heterocycles. The minimum Gasteiger partial charge on any atom is -0.269 e. The molecule has 66 valence electrons. The first-order valence-electron chi connectivity index (χ1n) is 4.62. The second-order valence-corrected chi connectivity index (χ2v) is 7.29. The highest BCUT2D eigenvalue weighted by Gasteiger charge is 2.02. The minimum atomic E-state index is -0.139. The first-order chi connectivity index (χ1) is 5.13. The zero-order valence-corrected chi connectivity index (χ0v) is 9.29. The first kappa shape index (κ1) is 11.5.